The molecule has 0 bridgehead atoms. The van der Waals surface area contributed by atoms with Crippen molar-refractivity contribution in [1.29, 1.82) is 5.26 Å². The molecule has 11 heavy (non-hydrogen) atoms. The molecule has 1 N–H and O–H groups in total. The fraction of sp³-hybridized carbons (Fsp3) is 0.143. The van der Waals surface area contributed by atoms with E-state index in [-0.39, 0.29) is 16.5 Å². The average Bonchev–Trinajstić information content (AvgIpc) is 1.97. The van der Waals surface area contributed by atoms with E-state index in [4.69, 9.17) is 22.0 Å². The van der Waals surface area contributed by atoms with E-state index < -0.39 is 0 Å². The summed E-state index contributed by atoms with van der Waals surface area (Å²) in [6.45, 7) is 1.60. The summed E-state index contributed by atoms with van der Waals surface area (Å²) in [5.74, 6) is 0.00833. The maximum atomic E-state index is 9.06. The van der Waals surface area contributed by atoms with Crippen LogP contribution in [0.5, 0.6) is 5.75 Å². The largest absolute Gasteiger partial charge is 0.506 e. The Labute approximate surface area is 68.9 Å². The molecule has 0 amide bonds. The van der Waals surface area contributed by atoms with Crippen LogP contribution in [0.2, 0.25) is 5.02 Å². The first-order valence-electron chi connectivity index (χ1n) is 2.91. The lowest BCUT2D eigenvalue weighted by Gasteiger charge is -1.98. The van der Waals surface area contributed by atoms with Crippen LogP contribution >= 0.6 is 11.6 Å². The maximum Gasteiger partial charge on any atom is 0.159 e. The SMILES string of the molecule is Cc1nc(C#N)c(Cl)cc1O. The predicted molar refractivity (Wildman–Crippen MR) is 40.4 cm³/mol. The molecule has 0 aliphatic rings. The molecule has 1 heterocycles. The average molecular weight is 169 g/mol. The van der Waals surface area contributed by atoms with Gasteiger partial charge in [-0.1, -0.05) is 11.6 Å². The van der Waals surface area contributed by atoms with E-state index in [0.29, 0.717) is 5.69 Å². The predicted octanol–water partition coefficient (Wildman–Crippen LogP) is 1.62. The summed E-state index contributed by atoms with van der Waals surface area (Å²) in [5.41, 5.74) is 0.549. The molecular weight excluding hydrogens is 164 g/mol. The van der Waals surface area contributed by atoms with Crippen LogP contribution in [0.25, 0.3) is 0 Å². The van der Waals surface area contributed by atoms with E-state index in [9.17, 15) is 0 Å². The summed E-state index contributed by atoms with van der Waals surface area (Å²) in [6.07, 6.45) is 0. The molecule has 0 saturated carbocycles. The van der Waals surface area contributed by atoms with Gasteiger partial charge >= 0.3 is 0 Å². The zero-order valence-corrected chi connectivity index (χ0v) is 6.55. The lowest BCUT2D eigenvalue weighted by molar-refractivity contribution is 0.467. The van der Waals surface area contributed by atoms with Crippen LogP contribution in [0.3, 0.4) is 0 Å². The number of hydrogen-bond donors (Lipinski definition) is 1. The van der Waals surface area contributed by atoms with E-state index in [2.05, 4.69) is 4.98 Å². The van der Waals surface area contributed by atoms with Crippen LogP contribution in [0, 0.1) is 18.3 Å². The molecule has 0 unspecified atom stereocenters. The van der Waals surface area contributed by atoms with Gasteiger partial charge in [0.1, 0.15) is 11.8 Å². The topological polar surface area (TPSA) is 56.9 Å². The summed E-state index contributed by atoms with van der Waals surface area (Å²) >= 11 is 5.56. The normalized spacial score (nSPS) is 9.18. The van der Waals surface area contributed by atoms with Gasteiger partial charge < -0.3 is 5.11 Å². The Morgan fingerprint density at radius 3 is 2.91 bits per heavy atom. The molecule has 0 aliphatic heterocycles. The summed E-state index contributed by atoms with van der Waals surface area (Å²) in [7, 11) is 0. The highest BCUT2D eigenvalue weighted by molar-refractivity contribution is 6.31. The number of pyridine rings is 1. The summed E-state index contributed by atoms with van der Waals surface area (Å²) in [4.78, 5) is 3.75. The van der Waals surface area contributed by atoms with Crippen LogP contribution < -0.4 is 0 Å². The molecule has 4 heteroatoms. The molecule has 1 aromatic rings. The van der Waals surface area contributed by atoms with Gasteiger partial charge in [0.25, 0.3) is 0 Å². The number of nitriles is 1. The number of aromatic nitrogens is 1. The van der Waals surface area contributed by atoms with E-state index in [1.54, 1.807) is 6.92 Å². The standard InChI is InChI=1S/C7H5ClN2O/c1-4-7(11)2-5(8)6(3-9)10-4/h2,11H,1H3. The lowest BCUT2D eigenvalue weighted by Crippen LogP contribution is -1.88. The number of halogens is 1. The molecule has 0 aliphatic carbocycles. The lowest BCUT2D eigenvalue weighted by atomic mass is 10.3. The monoisotopic (exact) mass is 168 g/mol. The Kier molecular flexibility index (Phi) is 1.97. The number of nitrogens with zero attached hydrogens (tertiary/aromatic N) is 2. The third-order valence-corrected chi connectivity index (χ3v) is 1.53. The Balaban J connectivity index is 3.35. The van der Waals surface area contributed by atoms with Crippen molar-refractivity contribution in [1.82, 2.24) is 4.98 Å². The van der Waals surface area contributed by atoms with E-state index >= 15 is 0 Å². The van der Waals surface area contributed by atoms with Crippen molar-refractivity contribution in [3.8, 4) is 11.8 Å². The van der Waals surface area contributed by atoms with Gasteiger partial charge in [-0.3, -0.25) is 0 Å². The molecule has 0 radical (unpaired) electrons. The molecule has 0 spiro atoms. The second-order valence-electron chi connectivity index (χ2n) is 2.04. The summed E-state index contributed by atoms with van der Waals surface area (Å²) in [5, 5.41) is 17.7. The number of aromatic hydroxyl groups is 1. The highest BCUT2D eigenvalue weighted by Gasteiger charge is 2.04. The highest BCUT2D eigenvalue weighted by Crippen LogP contribution is 2.21. The van der Waals surface area contributed by atoms with Gasteiger partial charge in [0.15, 0.2) is 5.69 Å². The van der Waals surface area contributed by atoms with Gasteiger partial charge in [0, 0.05) is 6.07 Å². The van der Waals surface area contributed by atoms with Crippen LogP contribution in [0.4, 0.5) is 0 Å². The third-order valence-electron chi connectivity index (χ3n) is 1.25. The van der Waals surface area contributed by atoms with Gasteiger partial charge in [0.2, 0.25) is 0 Å². The zero-order chi connectivity index (χ0) is 8.43. The molecular formula is C7H5ClN2O. The number of aryl methyl sites for hydroxylation is 1. The zero-order valence-electron chi connectivity index (χ0n) is 5.80. The fourth-order valence-electron chi connectivity index (χ4n) is 0.650. The quantitative estimate of drug-likeness (QED) is 0.641. The molecule has 0 saturated heterocycles. The van der Waals surface area contributed by atoms with E-state index in [1.807, 2.05) is 6.07 Å². The Hall–Kier alpha value is -1.27. The maximum absolute atomic E-state index is 9.06. The van der Waals surface area contributed by atoms with Crippen LogP contribution in [-0.2, 0) is 0 Å². The number of rotatable bonds is 0. The first kappa shape index (κ1) is 7.83. The molecule has 1 aromatic heterocycles. The van der Waals surface area contributed by atoms with Crippen molar-refractivity contribution in [2.75, 3.05) is 0 Å². The summed E-state index contributed by atoms with van der Waals surface area (Å²) in [6, 6.07) is 3.12. The molecule has 0 fully saturated rings. The van der Waals surface area contributed by atoms with Crippen LogP contribution in [0.15, 0.2) is 6.07 Å². The van der Waals surface area contributed by atoms with Gasteiger partial charge in [0.05, 0.1) is 10.7 Å². The van der Waals surface area contributed by atoms with Crippen molar-refractivity contribution < 1.29 is 5.11 Å². The minimum atomic E-state index is 0.00833. The number of hydrogen-bond acceptors (Lipinski definition) is 3. The third kappa shape index (κ3) is 1.41. The first-order chi connectivity index (χ1) is 5.15. The molecule has 0 atom stereocenters. The molecule has 3 nitrogen and oxygen atoms in total. The van der Waals surface area contributed by atoms with Gasteiger partial charge in [-0.2, -0.15) is 5.26 Å². The van der Waals surface area contributed by atoms with Crippen molar-refractivity contribution in [3.63, 3.8) is 0 Å². The first-order valence-corrected chi connectivity index (χ1v) is 3.29. The van der Waals surface area contributed by atoms with E-state index in [0.717, 1.165) is 0 Å². The second-order valence-corrected chi connectivity index (χ2v) is 2.44. The van der Waals surface area contributed by atoms with Crippen molar-refractivity contribution >= 4 is 11.6 Å². The Morgan fingerprint density at radius 1 is 1.73 bits per heavy atom. The van der Waals surface area contributed by atoms with Gasteiger partial charge in [-0.25, -0.2) is 4.98 Å². The Morgan fingerprint density at radius 2 is 2.36 bits per heavy atom. The van der Waals surface area contributed by atoms with Crippen LogP contribution in [0.1, 0.15) is 11.4 Å². The fourth-order valence-corrected chi connectivity index (χ4v) is 0.837. The van der Waals surface area contributed by atoms with Gasteiger partial charge in [-0.05, 0) is 6.92 Å². The highest BCUT2D eigenvalue weighted by atomic mass is 35.5. The smallest absolute Gasteiger partial charge is 0.159 e. The van der Waals surface area contributed by atoms with E-state index in [1.165, 1.54) is 6.07 Å². The van der Waals surface area contributed by atoms with Crippen LogP contribution in [-0.4, -0.2) is 10.1 Å². The molecule has 56 valence electrons. The van der Waals surface area contributed by atoms with Crippen molar-refractivity contribution in [3.05, 3.63) is 22.5 Å². The minimum absolute atomic E-state index is 0.00833. The van der Waals surface area contributed by atoms with Crippen molar-refractivity contribution in [2.45, 2.75) is 6.92 Å². The minimum Gasteiger partial charge on any atom is -0.506 e. The van der Waals surface area contributed by atoms with Crippen molar-refractivity contribution in [2.24, 2.45) is 0 Å². The molecule has 0 aromatic carbocycles. The second kappa shape index (κ2) is 2.77. The Bertz CT molecular complexity index is 330. The van der Waals surface area contributed by atoms with Gasteiger partial charge in [-0.15, -0.1) is 0 Å². The molecule has 1 rings (SSSR count). The summed E-state index contributed by atoms with van der Waals surface area (Å²) < 4.78 is 0.